The van der Waals surface area contributed by atoms with E-state index < -0.39 is 30.5 Å². The highest BCUT2D eigenvalue weighted by Gasteiger charge is 2.47. The van der Waals surface area contributed by atoms with Crippen molar-refractivity contribution >= 4 is 11.6 Å². The second kappa shape index (κ2) is 3.92. The zero-order valence-corrected chi connectivity index (χ0v) is 8.41. The molecule has 92 valence electrons. The zero-order valence-electron chi connectivity index (χ0n) is 8.41. The number of aliphatic hydroxyl groups is 1. The van der Waals surface area contributed by atoms with E-state index in [4.69, 9.17) is 0 Å². The summed E-state index contributed by atoms with van der Waals surface area (Å²) in [5.74, 6) is -2.01. The molecule has 1 amide bonds. The maximum absolute atomic E-state index is 13.0. The van der Waals surface area contributed by atoms with E-state index in [0.29, 0.717) is 0 Å². The zero-order chi connectivity index (χ0) is 12.6. The van der Waals surface area contributed by atoms with Gasteiger partial charge >= 0.3 is 12.0 Å². The van der Waals surface area contributed by atoms with Gasteiger partial charge in [-0.25, -0.2) is 4.39 Å². The number of carbonyl (C=O) groups excluding carboxylic acids is 1. The third kappa shape index (κ3) is 1.93. The standard InChI is InChI=1S/C10H8F3NO3/c11-4-7(15)5-2-1-3-6-8(5)17-10(12,13)9(16)14-6/h1-3,7,15H,4H2,(H,14,16)/t7-/m1/s1. The fourth-order valence-corrected chi connectivity index (χ4v) is 1.48. The number of alkyl halides is 3. The van der Waals surface area contributed by atoms with Gasteiger partial charge in [0, 0.05) is 5.56 Å². The Bertz CT molecular complexity index is 464. The number of hydrogen-bond donors (Lipinski definition) is 2. The Kier molecular flexibility index (Phi) is 2.70. The second-order valence-corrected chi connectivity index (χ2v) is 3.47. The minimum atomic E-state index is -4.03. The van der Waals surface area contributed by atoms with Crippen molar-refractivity contribution in [3.63, 3.8) is 0 Å². The van der Waals surface area contributed by atoms with Crippen LogP contribution in [-0.2, 0) is 4.79 Å². The van der Waals surface area contributed by atoms with Gasteiger partial charge in [0.15, 0.2) is 5.75 Å². The summed E-state index contributed by atoms with van der Waals surface area (Å²) in [4.78, 5) is 10.9. The van der Waals surface area contributed by atoms with Crippen molar-refractivity contribution in [1.82, 2.24) is 0 Å². The van der Waals surface area contributed by atoms with Crippen LogP contribution in [0.2, 0.25) is 0 Å². The number of para-hydroxylation sites is 1. The third-order valence-electron chi connectivity index (χ3n) is 2.29. The summed E-state index contributed by atoms with van der Waals surface area (Å²) in [7, 11) is 0. The molecule has 0 unspecified atom stereocenters. The van der Waals surface area contributed by atoms with Crippen LogP contribution < -0.4 is 10.1 Å². The molecule has 1 aliphatic heterocycles. The number of aliphatic hydroxyl groups excluding tert-OH is 1. The molecular weight excluding hydrogens is 239 g/mol. The van der Waals surface area contributed by atoms with Crippen molar-refractivity contribution in [2.24, 2.45) is 0 Å². The van der Waals surface area contributed by atoms with E-state index in [2.05, 4.69) is 4.74 Å². The molecule has 1 atom stereocenters. The minimum absolute atomic E-state index is 0.0223. The minimum Gasteiger partial charge on any atom is -0.423 e. The average Bonchev–Trinajstić information content (AvgIpc) is 2.28. The Hall–Kier alpha value is -1.76. The molecule has 17 heavy (non-hydrogen) atoms. The molecule has 0 spiro atoms. The van der Waals surface area contributed by atoms with Gasteiger partial charge in [0.05, 0.1) is 5.69 Å². The van der Waals surface area contributed by atoms with Crippen LogP contribution in [0.4, 0.5) is 18.9 Å². The molecule has 1 aliphatic rings. The van der Waals surface area contributed by atoms with Crippen LogP contribution in [0.5, 0.6) is 5.75 Å². The number of halogens is 3. The van der Waals surface area contributed by atoms with E-state index in [1.807, 2.05) is 5.32 Å². The SMILES string of the molecule is O=C1Nc2cccc([C@H](O)CF)c2OC1(F)F. The van der Waals surface area contributed by atoms with Crippen LogP contribution in [0.1, 0.15) is 11.7 Å². The predicted octanol–water partition coefficient (Wildman–Crippen LogP) is 1.61. The average molecular weight is 247 g/mol. The lowest BCUT2D eigenvalue weighted by atomic mass is 10.1. The van der Waals surface area contributed by atoms with Crippen molar-refractivity contribution in [3.8, 4) is 5.75 Å². The molecular formula is C10H8F3NO3. The smallest absolute Gasteiger partial charge is 0.423 e. The number of carbonyl (C=O) groups is 1. The molecule has 7 heteroatoms. The highest BCUT2D eigenvalue weighted by atomic mass is 19.3. The van der Waals surface area contributed by atoms with Crippen LogP contribution in [0.25, 0.3) is 0 Å². The Balaban J connectivity index is 2.48. The lowest BCUT2D eigenvalue weighted by Gasteiger charge is -2.27. The molecule has 1 aromatic rings. The highest BCUT2D eigenvalue weighted by molar-refractivity contribution is 5.98. The fraction of sp³-hybridized carbons (Fsp3) is 0.300. The first-order valence-electron chi connectivity index (χ1n) is 4.71. The first-order chi connectivity index (χ1) is 7.95. The number of hydrogen-bond acceptors (Lipinski definition) is 3. The summed E-state index contributed by atoms with van der Waals surface area (Å²) in [5.41, 5.74) is -0.157. The lowest BCUT2D eigenvalue weighted by molar-refractivity contribution is -0.189. The molecule has 0 fully saturated rings. The van der Waals surface area contributed by atoms with Crippen LogP contribution in [0.15, 0.2) is 18.2 Å². The number of benzene rings is 1. The fourth-order valence-electron chi connectivity index (χ4n) is 1.48. The van der Waals surface area contributed by atoms with Crippen molar-refractivity contribution in [2.75, 3.05) is 12.0 Å². The normalized spacial score (nSPS) is 18.9. The maximum Gasteiger partial charge on any atom is 0.482 e. The third-order valence-corrected chi connectivity index (χ3v) is 2.29. The van der Waals surface area contributed by atoms with Crippen LogP contribution in [0, 0.1) is 0 Å². The molecule has 0 aliphatic carbocycles. The van der Waals surface area contributed by atoms with Crippen molar-refractivity contribution in [2.45, 2.75) is 12.2 Å². The van der Waals surface area contributed by atoms with Gasteiger partial charge in [-0.1, -0.05) is 12.1 Å². The largest absolute Gasteiger partial charge is 0.482 e. The molecule has 1 aromatic carbocycles. The monoisotopic (exact) mass is 247 g/mol. The van der Waals surface area contributed by atoms with Gasteiger partial charge in [0.2, 0.25) is 0 Å². The Labute approximate surface area is 94.0 Å². The van der Waals surface area contributed by atoms with Crippen LogP contribution >= 0.6 is 0 Å². The topological polar surface area (TPSA) is 58.6 Å². The molecule has 0 saturated heterocycles. The van der Waals surface area contributed by atoms with Gasteiger partial charge in [-0.05, 0) is 6.07 Å². The summed E-state index contributed by atoms with van der Waals surface area (Å²) in [6.07, 6.45) is -5.60. The first kappa shape index (κ1) is 11.7. The molecule has 0 aromatic heterocycles. The molecule has 1 heterocycles. The van der Waals surface area contributed by atoms with Crippen molar-refractivity contribution < 1.29 is 27.8 Å². The summed E-state index contributed by atoms with van der Waals surface area (Å²) in [6, 6.07) is 3.95. The number of nitrogens with one attached hydrogen (secondary N) is 1. The summed E-state index contributed by atoms with van der Waals surface area (Å²) in [6.45, 7) is -1.14. The quantitative estimate of drug-likeness (QED) is 0.834. The van der Waals surface area contributed by atoms with E-state index in [-0.39, 0.29) is 11.3 Å². The van der Waals surface area contributed by atoms with Crippen LogP contribution in [-0.4, -0.2) is 23.8 Å². The molecule has 0 radical (unpaired) electrons. The molecule has 0 bridgehead atoms. The van der Waals surface area contributed by atoms with Gasteiger partial charge in [-0.3, -0.25) is 4.79 Å². The van der Waals surface area contributed by atoms with E-state index >= 15 is 0 Å². The number of amides is 1. The van der Waals surface area contributed by atoms with Gasteiger partial charge in [-0.15, -0.1) is 0 Å². The van der Waals surface area contributed by atoms with Gasteiger partial charge in [-0.2, -0.15) is 8.78 Å². The van der Waals surface area contributed by atoms with Gasteiger partial charge < -0.3 is 15.2 Å². The summed E-state index contributed by atoms with van der Waals surface area (Å²) >= 11 is 0. The first-order valence-corrected chi connectivity index (χ1v) is 4.71. The maximum atomic E-state index is 13.0. The lowest BCUT2D eigenvalue weighted by Crippen LogP contribution is -2.43. The number of fused-ring (bicyclic) bond motifs is 1. The van der Waals surface area contributed by atoms with E-state index in [1.54, 1.807) is 0 Å². The highest BCUT2D eigenvalue weighted by Crippen LogP contribution is 2.40. The van der Waals surface area contributed by atoms with E-state index in [0.717, 1.165) is 0 Å². The second-order valence-electron chi connectivity index (χ2n) is 3.47. The summed E-state index contributed by atoms with van der Waals surface area (Å²) < 4.78 is 42.6. The molecule has 0 saturated carbocycles. The molecule has 2 N–H and O–H groups in total. The van der Waals surface area contributed by atoms with Crippen molar-refractivity contribution in [3.05, 3.63) is 23.8 Å². The number of rotatable bonds is 2. The van der Waals surface area contributed by atoms with Crippen molar-refractivity contribution in [1.29, 1.82) is 0 Å². The number of ether oxygens (including phenoxy) is 1. The Morgan fingerprint density at radius 3 is 2.82 bits per heavy atom. The predicted molar refractivity (Wildman–Crippen MR) is 51.6 cm³/mol. The Morgan fingerprint density at radius 1 is 1.47 bits per heavy atom. The molecule has 4 nitrogen and oxygen atoms in total. The Morgan fingerprint density at radius 2 is 2.18 bits per heavy atom. The van der Waals surface area contributed by atoms with Gasteiger partial charge in [0.25, 0.3) is 0 Å². The van der Waals surface area contributed by atoms with E-state index in [1.165, 1.54) is 18.2 Å². The molecule has 2 rings (SSSR count). The number of anilines is 1. The summed E-state index contributed by atoms with van der Waals surface area (Å²) in [5, 5.41) is 11.2. The van der Waals surface area contributed by atoms with Gasteiger partial charge in [0.1, 0.15) is 12.8 Å². The van der Waals surface area contributed by atoms with E-state index in [9.17, 15) is 23.1 Å². The van der Waals surface area contributed by atoms with Crippen LogP contribution in [0.3, 0.4) is 0 Å².